The lowest BCUT2D eigenvalue weighted by Gasteiger charge is -2.40. The molecule has 3 rings (SSSR count). The molecule has 0 spiro atoms. The van der Waals surface area contributed by atoms with Gasteiger partial charge in [0.15, 0.2) is 11.6 Å². The molecule has 2 aliphatic rings. The van der Waals surface area contributed by atoms with Crippen LogP contribution in [0.1, 0.15) is 95.9 Å². The number of nitrogens with zero attached hydrogens (tertiary/aromatic N) is 4. The van der Waals surface area contributed by atoms with E-state index in [-0.39, 0.29) is 0 Å². The smallest absolute Gasteiger partial charge is 0.407 e. The Morgan fingerprint density at radius 2 is 0.863 bits per heavy atom. The minimum atomic E-state index is -0.699. The fraction of sp³-hybridized carbons (Fsp3) is 0.765. The second kappa shape index (κ2) is 15.8. The van der Waals surface area contributed by atoms with Crippen molar-refractivity contribution in [2.45, 2.75) is 142 Å². The summed E-state index contributed by atoms with van der Waals surface area (Å²) in [7, 11) is 0. The van der Waals surface area contributed by atoms with E-state index in [0.29, 0.717) is 56.3 Å². The first kappa shape index (κ1) is 41.0. The van der Waals surface area contributed by atoms with Gasteiger partial charge in [-0.3, -0.25) is 0 Å². The van der Waals surface area contributed by atoms with Crippen molar-refractivity contribution in [3.8, 4) is 0 Å². The fourth-order valence-electron chi connectivity index (χ4n) is 5.66. The standard InChI is InChI=1S/C34H59N9O8/c1-31(2,3)48-27(44)36-20-13-21(37-28(45)49-32(4,5)6)17-42(16-20)25-15-24(35)26(41-40-25)43-18-22(38-29(46)50-33(7,8)9)14-23(19-43)39-30(47)51-34(10,11)12/h15,20-23H,13-14,16-19H2,1-12H3,(H2,35,40)(H,36,44)(H,37,45)(H,38,46)(H,39,47). The molecule has 2 saturated heterocycles. The lowest BCUT2D eigenvalue weighted by atomic mass is 10.0. The van der Waals surface area contributed by atoms with Crippen molar-refractivity contribution < 1.29 is 38.1 Å². The van der Waals surface area contributed by atoms with E-state index in [0.717, 1.165) is 0 Å². The number of ether oxygens (including phenoxy) is 4. The lowest BCUT2D eigenvalue weighted by Crippen LogP contribution is -2.58. The van der Waals surface area contributed by atoms with Crippen molar-refractivity contribution in [2.75, 3.05) is 41.7 Å². The van der Waals surface area contributed by atoms with Crippen LogP contribution < -0.4 is 36.8 Å². The highest BCUT2D eigenvalue weighted by molar-refractivity contribution is 5.72. The van der Waals surface area contributed by atoms with Crippen molar-refractivity contribution in [2.24, 2.45) is 0 Å². The molecule has 0 bridgehead atoms. The molecule has 4 amide bonds. The van der Waals surface area contributed by atoms with Gasteiger partial charge in [0, 0.05) is 32.2 Å². The third-order valence-corrected chi connectivity index (χ3v) is 7.20. The summed E-state index contributed by atoms with van der Waals surface area (Å²) in [5, 5.41) is 20.6. The number of alkyl carbamates (subject to hydrolysis) is 4. The summed E-state index contributed by atoms with van der Waals surface area (Å²) in [5.74, 6) is 0.779. The number of amides is 4. The van der Waals surface area contributed by atoms with E-state index in [1.54, 1.807) is 89.2 Å². The Morgan fingerprint density at radius 1 is 0.569 bits per heavy atom. The number of carbonyl (C=O) groups is 4. The van der Waals surface area contributed by atoms with Gasteiger partial charge in [0.1, 0.15) is 22.4 Å². The number of rotatable bonds is 6. The highest BCUT2D eigenvalue weighted by Crippen LogP contribution is 2.28. The summed E-state index contributed by atoms with van der Waals surface area (Å²) >= 11 is 0. The van der Waals surface area contributed by atoms with Crippen LogP contribution in [-0.2, 0) is 18.9 Å². The zero-order valence-corrected chi connectivity index (χ0v) is 32.3. The van der Waals surface area contributed by atoms with Crippen molar-refractivity contribution in [1.82, 2.24) is 31.5 Å². The van der Waals surface area contributed by atoms with Crippen molar-refractivity contribution in [3.63, 3.8) is 0 Å². The van der Waals surface area contributed by atoms with E-state index in [1.807, 2.05) is 9.80 Å². The summed E-state index contributed by atoms with van der Waals surface area (Å²) in [6, 6.07) is -0.0358. The molecule has 0 radical (unpaired) electrons. The van der Waals surface area contributed by atoms with Crippen LogP contribution in [0.15, 0.2) is 6.07 Å². The van der Waals surface area contributed by atoms with Crippen LogP contribution in [0.5, 0.6) is 0 Å². The van der Waals surface area contributed by atoms with E-state index in [2.05, 4.69) is 31.5 Å². The zero-order valence-electron chi connectivity index (χ0n) is 32.3. The Morgan fingerprint density at radius 3 is 1.14 bits per heavy atom. The van der Waals surface area contributed by atoms with Gasteiger partial charge in [0.05, 0.1) is 29.9 Å². The highest BCUT2D eigenvalue weighted by atomic mass is 16.6. The summed E-state index contributed by atoms with van der Waals surface area (Å²) in [6.07, 6.45) is -1.52. The molecule has 288 valence electrons. The van der Waals surface area contributed by atoms with Crippen LogP contribution in [0, 0.1) is 0 Å². The van der Waals surface area contributed by atoms with Crippen LogP contribution >= 0.6 is 0 Å². The van der Waals surface area contributed by atoms with Crippen LogP contribution in [0.4, 0.5) is 36.5 Å². The number of anilines is 3. The van der Waals surface area contributed by atoms with E-state index in [1.165, 1.54) is 0 Å². The summed E-state index contributed by atoms with van der Waals surface area (Å²) in [6.45, 7) is 22.6. The molecule has 4 unspecified atom stereocenters. The number of piperidine rings is 2. The second-order valence-electron chi connectivity index (χ2n) is 17.1. The Balaban J connectivity index is 1.85. The molecule has 2 aliphatic heterocycles. The molecule has 0 saturated carbocycles. The van der Waals surface area contributed by atoms with Gasteiger partial charge in [-0.1, -0.05) is 0 Å². The normalized spacial score (nSPS) is 21.6. The van der Waals surface area contributed by atoms with Gasteiger partial charge in [-0.25, -0.2) is 19.2 Å². The summed E-state index contributed by atoms with van der Waals surface area (Å²) < 4.78 is 21.9. The van der Waals surface area contributed by atoms with E-state index in [9.17, 15) is 19.2 Å². The van der Waals surface area contributed by atoms with Crippen molar-refractivity contribution in [3.05, 3.63) is 6.07 Å². The third kappa shape index (κ3) is 14.7. The molecular formula is C34H59N9O8. The van der Waals surface area contributed by atoms with Gasteiger partial charge in [-0.2, -0.15) is 0 Å². The zero-order chi connectivity index (χ0) is 38.5. The quantitative estimate of drug-likeness (QED) is 0.263. The Kier molecular flexibility index (Phi) is 12.7. The van der Waals surface area contributed by atoms with Crippen LogP contribution in [0.2, 0.25) is 0 Å². The predicted molar refractivity (Wildman–Crippen MR) is 193 cm³/mol. The lowest BCUT2D eigenvalue weighted by molar-refractivity contribution is 0.0452. The molecule has 3 heterocycles. The van der Waals surface area contributed by atoms with Crippen LogP contribution in [-0.4, -0.2) is 107 Å². The highest BCUT2D eigenvalue weighted by Gasteiger charge is 2.35. The maximum atomic E-state index is 12.7. The number of carbonyl (C=O) groups excluding carboxylic acids is 4. The molecule has 0 aliphatic carbocycles. The average Bonchev–Trinajstić information content (AvgIpc) is 2.88. The number of hydrogen-bond donors (Lipinski definition) is 5. The largest absolute Gasteiger partial charge is 0.444 e. The summed E-state index contributed by atoms with van der Waals surface area (Å²) in [4.78, 5) is 54.5. The minimum Gasteiger partial charge on any atom is -0.444 e. The van der Waals surface area contributed by atoms with Crippen molar-refractivity contribution >= 4 is 41.7 Å². The Hall–Kier alpha value is -4.44. The number of nitrogens with two attached hydrogens (primary N) is 1. The fourth-order valence-corrected chi connectivity index (χ4v) is 5.66. The molecule has 4 atom stereocenters. The van der Waals surface area contributed by atoms with Crippen LogP contribution in [0.25, 0.3) is 0 Å². The molecule has 0 aromatic carbocycles. The first-order valence-corrected chi connectivity index (χ1v) is 17.3. The molecule has 1 aromatic heterocycles. The second-order valence-corrected chi connectivity index (χ2v) is 17.1. The monoisotopic (exact) mass is 721 g/mol. The van der Waals surface area contributed by atoms with Crippen molar-refractivity contribution in [1.29, 1.82) is 0 Å². The van der Waals surface area contributed by atoms with Gasteiger partial charge < -0.3 is 55.7 Å². The number of nitrogen functional groups attached to an aromatic ring is 1. The first-order valence-electron chi connectivity index (χ1n) is 17.3. The molecule has 2 fully saturated rings. The van der Waals surface area contributed by atoms with E-state index < -0.39 is 70.9 Å². The van der Waals surface area contributed by atoms with Gasteiger partial charge >= 0.3 is 24.4 Å². The SMILES string of the molecule is CC(C)(C)OC(=O)NC1CC(NC(=O)OC(C)(C)C)CN(c2cc(N)c(N3CC(NC(=O)OC(C)(C)C)CC(NC(=O)OC(C)(C)C)C3)nn2)C1. The number of hydrogen-bond acceptors (Lipinski definition) is 13. The molecule has 1 aromatic rings. The molecule has 51 heavy (non-hydrogen) atoms. The molecule has 6 N–H and O–H groups in total. The maximum Gasteiger partial charge on any atom is 0.407 e. The molecule has 17 nitrogen and oxygen atoms in total. The Bertz CT molecular complexity index is 1320. The average molecular weight is 722 g/mol. The first-order chi connectivity index (χ1) is 23.2. The topological polar surface area (TPSA) is 212 Å². The third-order valence-electron chi connectivity index (χ3n) is 7.20. The molecular weight excluding hydrogens is 662 g/mol. The van der Waals surface area contributed by atoms with E-state index >= 15 is 0 Å². The Labute approximate surface area is 301 Å². The minimum absolute atomic E-state index is 0.299. The summed E-state index contributed by atoms with van der Waals surface area (Å²) in [5.41, 5.74) is 4.13. The maximum absolute atomic E-state index is 12.7. The van der Waals surface area contributed by atoms with Crippen LogP contribution in [0.3, 0.4) is 0 Å². The number of aromatic nitrogens is 2. The number of nitrogens with one attached hydrogen (secondary N) is 4. The van der Waals surface area contributed by atoms with Gasteiger partial charge in [0.25, 0.3) is 0 Å². The predicted octanol–water partition coefficient (Wildman–Crippen LogP) is 4.05. The van der Waals surface area contributed by atoms with Gasteiger partial charge in [0.2, 0.25) is 0 Å². The van der Waals surface area contributed by atoms with Gasteiger partial charge in [-0.05, 0) is 95.9 Å². The van der Waals surface area contributed by atoms with E-state index in [4.69, 9.17) is 24.7 Å². The molecule has 17 heteroatoms. The van der Waals surface area contributed by atoms with Gasteiger partial charge in [-0.15, -0.1) is 10.2 Å².